The quantitative estimate of drug-likeness (QED) is 0.783. The van der Waals surface area contributed by atoms with Gasteiger partial charge in [0.25, 0.3) is 5.91 Å². The van der Waals surface area contributed by atoms with Gasteiger partial charge < -0.3 is 10.4 Å². The van der Waals surface area contributed by atoms with Crippen molar-refractivity contribution >= 4 is 5.91 Å². The minimum Gasteiger partial charge on any atom is -0.506 e. The van der Waals surface area contributed by atoms with Crippen LogP contribution in [0.3, 0.4) is 0 Å². The Kier molecular flexibility index (Phi) is 3.13. The third-order valence-corrected chi connectivity index (χ3v) is 1.44. The summed E-state index contributed by atoms with van der Waals surface area (Å²) in [5, 5.41) is 10.6. The largest absolute Gasteiger partial charge is 0.506 e. The van der Waals surface area contributed by atoms with Gasteiger partial charge in [-0.15, -0.1) is 0 Å². The van der Waals surface area contributed by atoms with Crippen LogP contribution in [-0.2, 0) is 0 Å². The van der Waals surface area contributed by atoms with E-state index in [4.69, 9.17) is 5.11 Å². The highest BCUT2D eigenvalue weighted by atomic mass is 19.4. The normalized spacial score (nSPS) is 11.1. The molecule has 0 aliphatic rings. The maximum absolute atomic E-state index is 11.7. The molecule has 1 amide bonds. The smallest absolute Gasteiger partial charge is 0.405 e. The number of nitrogens with one attached hydrogen (secondary N) is 1. The summed E-state index contributed by atoms with van der Waals surface area (Å²) in [5.41, 5.74) is -0.126. The predicted octanol–water partition coefficient (Wildman–Crippen LogP) is 1.08. The minimum absolute atomic E-state index is 0.126. The van der Waals surface area contributed by atoms with Crippen molar-refractivity contribution in [3.05, 3.63) is 24.0 Å². The van der Waals surface area contributed by atoms with Crippen LogP contribution in [0.4, 0.5) is 13.2 Å². The van der Waals surface area contributed by atoms with E-state index in [1.54, 1.807) is 5.32 Å². The predicted molar refractivity (Wildman–Crippen MR) is 44.3 cm³/mol. The van der Waals surface area contributed by atoms with E-state index in [0.717, 1.165) is 18.5 Å². The van der Waals surface area contributed by atoms with Crippen molar-refractivity contribution < 1.29 is 23.1 Å². The van der Waals surface area contributed by atoms with Gasteiger partial charge in [0.15, 0.2) is 0 Å². The van der Waals surface area contributed by atoms with E-state index in [-0.39, 0.29) is 11.3 Å². The molecular formula is C8H7F3N2O2. The molecule has 0 spiro atoms. The number of nitrogens with zero attached hydrogens (tertiary/aromatic N) is 1. The third-order valence-electron chi connectivity index (χ3n) is 1.44. The van der Waals surface area contributed by atoms with Gasteiger partial charge >= 0.3 is 6.18 Å². The molecule has 1 heterocycles. The summed E-state index contributed by atoms with van der Waals surface area (Å²) in [5.74, 6) is -1.22. The zero-order chi connectivity index (χ0) is 11.5. The summed E-state index contributed by atoms with van der Waals surface area (Å²) < 4.78 is 35.2. The van der Waals surface area contributed by atoms with Crippen LogP contribution in [-0.4, -0.2) is 28.7 Å². The Morgan fingerprint density at radius 2 is 2.13 bits per heavy atom. The first kappa shape index (κ1) is 11.3. The maximum Gasteiger partial charge on any atom is 0.405 e. The minimum atomic E-state index is -4.46. The second-order valence-corrected chi connectivity index (χ2v) is 2.73. The molecule has 15 heavy (non-hydrogen) atoms. The Hall–Kier alpha value is -1.79. The summed E-state index contributed by atoms with van der Waals surface area (Å²) in [6, 6.07) is 1.03. The molecular weight excluding hydrogens is 213 g/mol. The Bertz CT molecular complexity index is 365. The number of halogens is 3. The number of carbonyl (C=O) groups excluding carboxylic acids is 1. The molecule has 4 nitrogen and oxygen atoms in total. The molecule has 2 N–H and O–H groups in total. The molecule has 0 fully saturated rings. The van der Waals surface area contributed by atoms with E-state index >= 15 is 0 Å². The fourth-order valence-corrected chi connectivity index (χ4v) is 0.835. The third kappa shape index (κ3) is 3.84. The molecule has 0 aliphatic carbocycles. The molecule has 0 atom stereocenters. The lowest BCUT2D eigenvalue weighted by Gasteiger charge is -2.07. The Balaban J connectivity index is 2.62. The van der Waals surface area contributed by atoms with Crippen molar-refractivity contribution in [2.75, 3.05) is 6.54 Å². The highest BCUT2D eigenvalue weighted by Gasteiger charge is 2.27. The van der Waals surface area contributed by atoms with Crippen LogP contribution < -0.4 is 5.32 Å². The number of alkyl halides is 3. The van der Waals surface area contributed by atoms with Crippen molar-refractivity contribution in [1.29, 1.82) is 0 Å². The number of aromatic hydroxyl groups is 1. The monoisotopic (exact) mass is 220 g/mol. The molecule has 0 unspecified atom stereocenters. The van der Waals surface area contributed by atoms with E-state index < -0.39 is 18.6 Å². The fraction of sp³-hybridized carbons (Fsp3) is 0.250. The van der Waals surface area contributed by atoms with Crippen LogP contribution in [0.1, 0.15) is 10.4 Å². The Labute approximate surface area is 82.7 Å². The first-order chi connectivity index (χ1) is 6.88. The highest BCUT2D eigenvalue weighted by molar-refractivity contribution is 5.94. The number of rotatable bonds is 2. The standard InChI is InChI=1S/C8H7F3N2O2/c9-8(10,11)4-13-7(15)5-1-6(14)3-12-2-5/h1-3,14H,4H2,(H,13,15). The summed E-state index contributed by atoms with van der Waals surface area (Å²) in [6.45, 7) is -1.42. The second kappa shape index (κ2) is 4.16. The number of carbonyl (C=O) groups is 1. The van der Waals surface area contributed by atoms with Gasteiger partial charge in [0.05, 0.1) is 11.8 Å². The van der Waals surface area contributed by atoms with Crippen LogP contribution in [0.15, 0.2) is 18.5 Å². The molecule has 1 aromatic rings. The highest BCUT2D eigenvalue weighted by Crippen LogP contribution is 2.13. The first-order valence-corrected chi connectivity index (χ1v) is 3.87. The van der Waals surface area contributed by atoms with Gasteiger partial charge in [0, 0.05) is 6.20 Å². The molecule has 7 heteroatoms. The lowest BCUT2D eigenvalue weighted by molar-refractivity contribution is -0.123. The van der Waals surface area contributed by atoms with Crippen LogP contribution >= 0.6 is 0 Å². The van der Waals surface area contributed by atoms with Gasteiger partial charge in [0.2, 0.25) is 0 Å². The van der Waals surface area contributed by atoms with Crippen LogP contribution in [0.5, 0.6) is 5.75 Å². The summed E-state index contributed by atoms with van der Waals surface area (Å²) in [6.07, 6.45) is -2.33. The SMILES string of the molecule is O=C(NCC(F)(F)F)c1cncc(O)c1. The lowest BCUT2D eigenvalue weighted by atomic mass is 10.2. The maximum atomic E-state index is 11.7. The summed E-state index contributed by atoms with van der Waals surface area (Å²) in [4.78, 5) is 14.5. The van der Waals surface area contributed by atoms with E-state index in [1.165, 1.54) is 0 Å². The van der Waals surface area contributed by atoms with E-state index in [0.29, 0.717) is 0 Å². The molecule has 0 radical (unpaired) electrons. The molecule has 1 rings (SSSR count). The molecule has 1 aromatic heterocycles. The van der Waals surface area contributed by atoms with Crippen LogP contribution in [0, 0.1) is 0 Å². The van der Waals surface area contributed by atoms with Crippen LogP contribution in [0.2, 0.25) is 0 Å². The first-order valence-electron chi connectivity index (χ1n) is 3.87. The van der Waals surface area contributed by atoms with Gasteiger partial charge in [-0.05, 0) is 6.07 Å². The lowest BCUT2D eigenvalue weighted by Crippen LogP contribution is -2.33. The number of hydrogen-bond donors (Lipinski definition) is 2. The van der Waals surface area contributed by atoms with Crippen molar-refractivity contribution in [3.8, 4) is 5.75 Å². The van der Waals surface area contributed by atoms with Gasteiger partial charge in [-0.2, -0.15) is 13.2 Å². The van der Waals surface area contributed by atoms with Gasteiger partial charge in [-0.3, -0.25) is 9.78 Å². The molecule has 0 aliphatic heterocycles. The van der Waals surface area contributed by atoms with Gasteiger partial charge in [0.1, 0.15) is 12.3 Å². The average Bonchev–Trinajstić information content (AvgIpc) is 2.13. The molecule has 82 valence electrons. The Morgan fingerprint density at radius 3 is 2.67 bits per heavy atom. The number of aromatic nitrogens is 1. The van der Waals surface area contributed by atoms with Crippen molar-refractivity contribution in [1.82, 2.24) is 10.3 Å². The zero-order valence-corrected chi connectivity index (χ0v) is 7.38. The number of hydrogen-bond acceptors (Lipinski definition) is 3. The zero-order valence-electron chi connectivity index (χ0n) is 7.38. The summed E-state index contributed by atoms with van der Waals surface area (Å²) in [7, 11) is 0. The van der Waals surface area contributed by atoms with E-state index in [2.05, 4.69) is 4.98 Å². The van der Waals surface area contributed by atoms with Crippen molar-refractivity contribution in [2.24, 2.45) is 0 Å². The molecule has 0 saturated heterocycles. The topological polar surface area (TPSA) is 62.2 Å². The fourth-order valence-electron chi connectivity index (χ4n) is 0.835. The van der Waals surface area contributed by atoms with E-state index in [9.17, 15) is 18.0 Å². The number of pyridine rings is 1. The van der Waals surface area contributed by atoms with Gasteiger partial charge in [-0.1, -0.05) is 0 Å². The molecule has 0 aromatic carbocycles. The van der Waals surface area contributed by atoms with Crippen molar-refractivity contribution in [2.45, 2.75) is 6.18 Å². The Morgan fingerprint density at radius 1 is 1.47 bits per heavy atom. The molecule has 0 saturated carbocycles. The van der Waals surface area contributed by atoms with Crippen molar-refractivity contribution in [3.63, 3.8) is 0 Å². The second-order valence-electron chi connectivity index (χ2n) is 2.73. The van der Waals surface area contributed by atoms with Crippen LogP contribution in [0.25, 0.3) is 0 Å². The summed E-state index contributed by atoms with van der Waals surface area (Å²) >= 11 is 0. The molecule has 0 bridgehead atoms. The average molecular weight is 220 g/mol. The van der Waals surface area contributed by atoms with Gasteiger partial charge in [-0.25, -0.2) is 0 Å². The number of amides is 1. The van der Waals surface area contributed by atoms with E-state index in [1.807, 2.05) is 0 Å².